The molecule has 2 aromatic carbocycles. The van der Waals surface area contributed by atoms with E-state index in [9.17, 15) is 9.59 Å². The minimum atomic E-state index is -0.431. The van der Waals surface area contributed by atoms with E-state index in [1.807, 2.05) is 48.2 Å². The molecule has 0 bridgehead atoms. The molecule has 4 rings (SSSR count). The first-order valence-electron chi connectivity index (χ1n) is 10.5. The van der Waals surface area contributed by atoms with Gasteiger partial charge in [-0.25, -0.2) is 9.78 Å². The number of benzene rings is 2. The van der Waals surface area contributed by atoms with Crippen molar-refractivity contribution in [1.29, 1.82) is 0 Å². The van der Waals surface area contributed by atoms with Crippen molar-refractivity contribution in [3.63, 3.8) is 0 Å². The largest absolute Gasteiger partial charge is 0.457 e. The summed E-state index contributed by atoms with van der Waals surface area (Å²) in [6.07, 6.45) is 2.13. The van der Waals surface area contributed by atoms with Crippen LogP contribution in [0.5, 0.6) is 0 Å². The standard InChI is InChI=1S/C25H26N2O4/c1-17-20-7-3-4-8-21(20)26-22(16-30-2)23(17)25(29)31-15-18-9-11-19(12-10-18)24(28)27-13-5-6-14-27/h3-4,7-12H,5-6,13-16H2,1-2H3. The highest BCUT2D eigenvalue weighted by molar-refractivity contribution is 5.98. The number of hydrogen-bond acceptors (Lipinski definition) is 5. The first-order valence-corrected chi connectivity index (χ1v) is 10.5. The summed E-state index contributed by atoms with van der Waals surface area (Å²) in [6.45, 7) is 3.89. The van der Waals surface area contributed by atoms with E-state index in [2.05, 4.69) is 4.98 Å². The second kappa shape index (κ2) is 9.27. The number of carbonyl (C=O) groups is 2. The number of carbonyl (C=O) groups excluding carboxylic acids is 2. The predicted molar refractivity (Wildman–Crippen MR) is 118 cm³/mol. The van der Waals surface area contributed by atoms with E-state index < -0.39 is 5.97 Å². The molecule has 6 heteroatoms. The van der Waals surface area contributed by atoms with E-state index in [0.29, 0.717) is 16.8 Å². The van der Waals surface area contributed by atoms with Crippen LogP contribution in [-0.4, -0.2) is 42.0 Å². The maximum absolute atomic E-state index is 12.9. The fraction of sp³-hybridized carbons (Fsp3) is 0.320. The SMILES string of the molecule is COCc1nc2ccccc2c(C)c1C(=O)OCc1ccc(C(=O)N2CCCC2)cc1. The molecule has 0 saturated carbocycles. The molecule has 160 valence electrons. The maximum Gasteiger partial charge on any atom is 0.340 e. The Morgan fingerprint density at radius 2 is 1.71 bits per heavy atom. The predicted octanol–water partition coefficient (Wildman–Crippen LogP) is 4.28. The number of esters is 1. The molecule has 0 spiro atoms. The van der Waals surface area contributed by atoms with Gasteiger partial charge in [0.15, 0.2) is 0 Å². The molecule has 0 radical (unpaired) electrons. The molecule has 0 atom stereocenters. The van der Waals surface area contributed by atoms with E-state index in [1.54, 1.807) is 19.2 Å². The second-order valence-electron chi connectivity index (χ2n) is 7.78. The summed E-state index contributed by atoms with van der Waals surface area (Å²) in [5.41, 5.74) is 4.15. The number of likely N-dealkylation sites (tertiary alicyclic amines) is 1. The molecule has 0 unspecified atom stereocenters. The van der Waals surface area contributed by atoms with Gasteiger partial charge in [-0.3, -0.25) is 4.79 Å². The van der Waals surface area contributed by atoms with E-state index in [-0.39, 0.29) is 19.1 Å². The fourth-order valence-corrected chi connectivity index (χ4v) is 4.02. The topological polar surface area (TPSA) is 68.7 Å². The Balaban J connectivity index is 1.49. The second-order valence-corrected chi connectivity index (χ2v) is 7.78. The van der Waals surface area contributed by atoms with Crippen LogP contribution in [0.4, 0.5) is 0 Å². The first kappa shape index (κ1) is 21.0. The molecule has 1 aromatic heterocycles. The number of pyridine rings is 1. The summed E-state index contributed by atoms with van der Waals surface area (Å²) in [5, 5.41) is 0.916. The van der Waals surface area contributed by atoms with Crippen LogP contribution in [0.1, 0.15) is 50.4 Å². The number of aromatic nitrogens is 1. The van der Waals surface area contributed by atoms with Crippen molar-refractivity contribution < 1.29 is 19.1 Å². The normalized spacial score (nSPS) is 13.5. The zero-order valence-corrected chi connectivity index (χ0v) is 17.9. The Morgan fingerprint density at radius 3 is 2.42 bits per heavy atom. The molecule has 0 N–H and O–H groups in total. The summed E-state index contributed by atoms with van der Waals surface area (Å²) in [6, 6.07) is 15.0. The zero-order chi connectivity index (χ0) is 21.8. The number of amides is 1. The van der Waals surface area contributed by atoms with Crippen molar-refractivity contribution in [2.24, 2.45) is 0 Å². The summed E-state index contributed by atoms with van der Waals surface area (Å²) >= 11 is 0. The van der Waals surface area contributed by atoms with Crippen molar-refractivity contribution in [1.82, 2.24) is 9.88 Å². The summed E-state index contributed by atoms with van der Waals surface area (Å²) in [4.78, 5) is 31.9. The number of nitrogens with zero attached hydrogens (tertiary/aromatic N) is 2. The van der Waals surface area contributed by atoms with Crippen LogP contribution >= 0.6 is 0 Å². The lowest BCUT2D eigenvalue weighted by molar-refractivity contribution is 0.0466. The van der Waals surface area contributed by atoms with Crippen molar-refractivity contribution in [3.05, 3.63) is 76.5 Å². The highest BCUT2D eigenvalue weighted by atomic mass is 16.5. The first-order chi connectivity index (χ1) is 15.1. The summed E-state index contributed by atoms with van der Waals surface area (Å²) < 4.78 is 10.9. The van der Waals surface area contributed by atoms with Gasteiger partial charge in [-0.05, 0) is 49.1 Å². The number of rotatable bonds is 6. The molecule has 1 aliphatic heterocycles. The Morgan fingerprint density at radius 1 is 1.00 bits per heavy atom. The van der Waals surface area contributed by atoms with Gasteiger partial charge in [0, 0.05) is 31.1 Å². The molecule has 1 aliphatic rings. The molecule has 31 heavy (non-hydrogen) atoms. The quantitative estimate of drug-likeness (QED) is 0.559. The molecule has 3 aromatic rings. The van der Waals surface area contributed by atoms with Crippen LogP contribution in [0.25, 0.3) is 10.9 Å². The van der Waals surface area contributed by atoms with Crippen LogP contribution < -0.4 is 0 Å². The highest BCUT2D eigenvalue weighted by Gasteiger charge is 2.21. The minimum Gasteiger partial charge on any atom is -0.457 e. The average Bonchev–Trinajstić information content (AvgIpc) is 3.33. The number of para-hydroxylation sites is 1. The van der Waals surface area contributed by atoms with Gasteiger partial charge in [-0.15, -0.1) is 0 Å². The lowest BCUT2D eigenvalue weighted by atomic mass is 10.0. The number of aryl methyl sites for hydroxylation is 1. The van der Waals surface area contributed by atoms with Crippen LogP contribution in [-0.2, 0) is 22.7 Å². The smallest absolute Gasteiger partial charge is 0.340 e. The monoisotopic (exact) mass is 418 g/mol. The number of fused-ring (bicyclic) bond motifs is 1. The average molecular weight is 418 g/mol. The summed E-state index contributed by atoms with van der Waals surface area (Å²) in [7, 11) is 1.58. The maximum atomic E-state index is 12.9. The summed E-state index contributed by atoms with van der Waals surface area (Å²) in [5.74, 6) is -0.372. The molecule has 2 heterocycles. The van der Waals surface area contributed by atoms with Crippen molar-refractivity contribution in [3.8, 4) is 0 Å². The number of hydrogen-bond donors (Lipinski definition) is 0. The van der Waals surface area contributed by atoms with Gasteiger partial charge < -0.3 is 14.4 Å². The van der Waals surface area contributed by atoms with E-state index in [1.165, 1.54) is 0 Å². The third-order valence-corrected chi connectivity index (χ3v) is 5.68. The fourth-order valence-electron chi connectivity index (χ4n) is 4.02. The van der Waals surface area contributed by atoms with Crippen molar-refractivity contribution >= 4 is 22.8 Å². The van der Waals surface area contributed by atoms with Gasteiger partial charge in [0.1, 0.15) is 6.61 Å². The van der Waals surface area contributed by atoms with Gasteiger partial charge in [0.2, 0.25) is 0 Å². The van der Waals surface area contributed by atoms with Crippen LogP contribution in [0.3, 0.4) is 0 Å². The lowest BCUT2D eigenvalue weighted by Crippen LogP contribution is -2.27. The minimum absolute atomic E-state index is 0.0584. The molecule has 1 saturated heterocycles. The van der Waals surface area contributed by atoms with Gasteiger partial charge >= 0.3 is 5.97 Å². The molecular formula is C25H26N2O4. The van der Waals surface area contributed by atoms with Gasteiger partial charge in [0.05, 0.1) is 23.4 Å². The van der Waals surface area contributed by atoms with Crippen molar-refractivity contribution in [2.75, 3.05) is 20.2 Å². The van der Waals surface area contributed by atoms with E-state index in [4.69, 9.17) is 9.47 Å². The molecule has 6 nitrogen and oxygen atoms in total. The number of methoxy groups -OCH3 is 1. The Hall–Kier alpha value is -3.25. The van der Waals surface area contributed by atoms with E-state index in [0.717, 1.165) is 48.0 Å². The van der Waals surface area contributed by atoms with Crippen molar-refractivity contribution in [2.45, 2.75) is 33.0 Å². The van der Waals surface area contributed by atoms with Gasteiger partial charge in [-0.1, -0.05) is 30.3 Å². The lowest BCUT2D eigenvalue weighted by Gasteiger charge is -2.15. The van der Waals surface area contributed by atoms with Crippen LogP contribution in [0.2, 0.25) is 0 Å². The van der Waals surface area contributed by atoms with E-state index >= 15 is 0 Å². The van der Waals surface area contributed by atoms with Gasteiger partial charge in [0.25, 0.3) is 5.91 Å². The number of ether oxygens (including phenoxy) is 2. The third-order valence-electron chi connectivity index (χ3n) is 5.68. The zero-order valence-electron chi connectivity index (χ0n) is 17.9. The third kappa shape index (κ3) is 4.44. The molecular weight excluding hydrogens is 392 g/mol. The van der Waals surface area contributed by atoms with Gasteiger partial charge in [-0.2, -0.15) is 0 Å². The highest BCUT2D eigenvalue weighted by Crippen LogP contribution is 2.24. The van der Waals surface area contributed by atoms with Crippen LogP contribution in [0, 0.1) is 6.92 Å². The molecule has 0 aliphatic carbocycles. The molecule has 1 fully saturated rings. The molecule has 1 amide bonds. The van der Waals surface area contributed by atoms with Crippen LogP contribution in [0.15, 0.2) is 48.5 Å². The Bertz CT molecular complexity index is 1100. The Labute approximate surface area is 181 Å². The Kier molecular flexibility index (Phi) is 6.28.